The molecule has 0 aliphatic carbocycles. The minimum Gasteiger partial charge on any atom is -0.451 e. The first-order valence-electron chi connectivity index (χ1n) is 8.23. The van der Waals surface area contributed by atoms with Crippen LogP contribution >= 0.6 is 11.3 Å². The van der Waals surface area contributed by atoms with Crippen molar-refractivity contribution in [2.24, 2.45) is 0 Å². The second-order valence-electron chi connectivity index (χ2n) is 5.54. The molecule has 1 amide bonds. The van der Waals surface area contributed by atoms with Gasteiger partial charge in [0.05, 0.1) is 0 Å². The van der Waals surface area contributed by atoms with Crippen molar-refractivity contribution in [3.63, 3.8) is 0 Å². The Hall–Kier alpha value is -2.99. The highest BCUT2D eigenvalue weighted by Crippen LogP contribution is 2.23. The molecule has 2 aromatic carbocycles. The summed E-state index contributed by atoms with van der Waals surface area (Å²) in [6.07, 6.45) is 0.803. The molecule has 3 aromatic rings. The maximum Gasteiger partial charge on any atom is 0.358 e. The van der Waals surface area contributed by atoms with Crippen LogP contribution in [0.5, 0.6) is 0 Å². The van der Waals surface area contributed by atoms with Gasteiger partial charge in [-0.2, -0.15) is 0 Å². The van der Waals surface area contributed by atoms with Gasteiger partial charge in [0, 0.05) is 16.6 Å². The van der Waals surface area contributed by atoms with Gasteiger partial charge in [-0.15, -0.1) is 11.3 Å². The van der Waals surface area contributed by atoms with Crippen molar-refractivity contribution in [3.8, 4) is 10.6 Å². The number of aryl methyl sites for hydroxylation is 1. The monoisotopic (exact) mass is 366 g/mol. The van der Waals surface area contributed by atoms with Gasteiger partial charge in [-0.3, -0.25) is 4.79 Å². The quantitative estimate of drug-likeness (QED) is 0.665. The zero-order valence-electron chi connectivity index (χ0n) is 14.3. The standard InChI is InChI=1S/C20H18N2O3S/c1-2-14-8-6-7-11-16(14)21-18(23)12-25-20(24)17-13-26-19(22-17)15-9-4-3-5-10-15/h3-11,13H,2,12H2,1H3,(H,21,23). The number of aromatic nitrogens is 1. The highest BCUT2D eigenvalue weighted by atomic mass is 32.1. The molecule has 0 saturated heterocycles. The van der Waals surface area contributed by atoms with Gasteiger partial charge >= 0.3 is 5.97 Å². The lowest BCUT2D eigenvalue weighted by atomic mass is 10.1. The lowest BCUT2D eigenvalue weighted by Crippen LogP contribution is -2.21. The van der Waals surface area contributed by atoms with E-state index in [1.807, 2.05) is 61.5 Å². The summed E-state index contributed by atoms with van der Waals surface area (Å²) < 4.78 is 5.08. The number of carbonyl (C=O) groups excluding carboxylic acids is 2. The van der Waals surface area contributed by atoms with Crippen LogP contribution < -0.4 is 5.32 Å². The molecule has 1 aromatic heterocycles. The molecule has 1 heterocycles. The average Bonchev–Trinajstić information content (AvgIpc) is 3.17. The van der Waals surface area contributed by atoms with Gasteiger partial charge in [0.25, 0.3) is 5.91 Å². The number of carbonyl (C=O) groups is 2. The van der Waals surface area contributed by atoms with E-state index in [0.29, 0.717) is 0 Å². The number of benzene rings is 2. The molecule has 0 bridgehead atoms. The van der Waals surface area contributed by atoms with E-state index in [-0.39, 0.29) is 18.2 Å². The number of amides is 1. The molecule has 0 radical (unpaired) electrons. The van der Waals surface area contributed by atoms with Crippen LogP contribution in [0.15, 0.2) is 60.0 Å². The van der Waals surface area contributed by atoms with Crippen LogP contribution in [0, 0.1) is 0 Å². The largest absolute Gasteiger partial charge is 0.451 e. The van der Waals surface area contributed by atoms with Crippen LogP contribution in [-0.4, -0.2) is 23.5 Å². The molecule has 5 nitrogen and oxygen atoms in total. The van der Waals surface area contributed by atoms with Gasteiger partial charge in [-0.05, 0) is 18.1 Å². The van der Waals surface area contributed by atoms with Crippen molar-refractivity contribution in [1.82, 2.24) is 4.98 Å². The van der Waals surface area contributed by atoms with Crippen LogP contribution in [-0.2, 0) is 16.0 Å². The third-order valence-corrected chi connectivity index (χ3v) is 4.63. The predicted octanol–water partition coefficient (Wildman–Crippen LogP) is 4.17. The minimum atomic E-state index is -0.609. The summed E-state index contributed by atoms with van der Waals surface area (Å²) in [5.74, 6) is -0.986. The SMILES string of the molecule is CCc1ccccc1NC(=O)COC(=O)c1csc(-c2ccccc2)n1. The van der Waals surface area contributed by atoms with E-state index in [2.05, 4.69) is 10.3 Å². The predicted molar refractivity (Wildman–Crippen MR) is 102 cm³/mol. The van der Waals surface area contributed by atoms with E-state index in [9.17, 15) is 9.59 Å². The molecule has 0 unspecified atom stereocenters. The first-order chi connectivity index (χ1) is 12.7. The van der Waals surface area contributed by atoms with Crippen LogP contribution in [0.2, 0.25) is 0 Å². The minimum absolute atomic E-state index is 0.204. The average molecular weight is 366 g/mol. The Bertz CT molecular complexity index is 906. The molecular formula is C20H18N2O3S. The van der Waals surface area contributed by atoms with Crippen LogP contribution in [0.25, 0.3) is 10.6 Å². The Morgan fingerprint density at radius 3 is 2.58 bits per heavy atom. The first-order valence-corrected chi connectivity index (χ1v) is 9.11. The number of hydrogen-bond donors (Lipinski definition) is 1. The number of para-hydroxylation sites is 1. The molecule has 0 spiro atoms. The van der Waals surface area contributed by atoms with Gasteiger partial charge in [-0.1, -0.05) is 55.5 Å². The Labute approximate surface area is 155 Å². The van der Waals surface area contributed by atoms with Gasteiger partial charge in [0.2, 0.25) is 0 Å². The first kappa shape index (κ1) is 17.8. The smallest absolute Gasteiger partial charge is 0.358 e. The lowest BCUT2D eigenvalue weighted by molar-refractivity contribution is -0.119. The van der Waals surface area contributed by atoms with Gasteiger partial charge in [0.1, 0.15) is 5.01 Å². The summed E-state index contributed by atoms with van der Waals surface area (Å²) in [4.78, 5) is 28.4. The normalized spacial score (nSPS) is 10.3. The highest BCUT2D eigenvalue weighted by Gasteiger charge is 2.15. The summed E-state index contributed by atoms with van der Waals surface area (Å²) in [5, 5.41) is 5.13. The molecular weight excluding hydrogens is 348 g/mol. The fourth-order valence-corrected chi connectivity index (χ4v) is 3.22. The van der Waals surface area contributed by atoms with E-state index >= 15 is 0 Å². The van der Waals surface area contributed by atoms with E-state index in [0.717, 1.165) is 28.2 Å². The summed E-state index contributed by atoms with van der Waals surface area (Å²) in [5.41, 5.74) is 2.90. The Balaban J connectivity index is 1.57. The second kappa shape index (κ2) is 8.40. The van der Waals surface area contributed by atoms with Crippen molar-refractivity contribution in [1.29, 1.82) is 0 Å². The number of hydrogen-bond acceptors (Lipinski definition) is 5. The van der Waals surface area contributed by atoms with Gasteiger partial charge in [-0.25, -0.2) is 9.78 Å². The lowest BCUT2D eigenvalue weighted by Gasteiger charge is -2.09. The number of nitrogens with zero attached hydrogens (tertiary/aromatic N) is 1. The number of anilines is 1. The number of nitrogens with one attached hydrogen (secondary N) is 1. The molecule has 0 fully saturated rings. The maximum absolute atomic E-state index is 12.1. The van der Waals surface area contributed by atoms with E-state index in [4.69, 9.17) is 4.74 Å². The number of esters is 1. The Kier molecular flexibility index (Phi) is 5.76. The molecule has 132 valence electrons. The molecule has 0 atom stereocenters. The van der Waals surface area contributed by atoms with Crippen molar-refractivity contribution >= 4 is 28.9 Å². The Morgan fingerprint density at radius 2 is 1.81 bits per heavy atom. The molecule has 26 heavy (non-hydrogen) atoms. The zero-order valence-corrected chi connectivity index (χ0v) is 15.1. The van der Waals surface area contributed by atoms with Gasteiger partial charge in [0.15, 0.2) is 12.3 Å². The molecule has 0 aliphatic heterocycles. The number of ether oxygens (including phenoxy) is 1. The van der Waals surface area contributed by atoms with Crippen LogP contribution in [0.3, 0.4) is 0 Å². The summed E-state index contributed by atoms with van der Waals surface area (Å²) in [7, 11) is 0. The van der Waals surface area contributed by atoms with Crippen molar-refractivity contribution in [3.05, 3.63) is 71.2 Å². The van der Waals surface area contributed by atoms with E-state index < -0.39 is 5.97 Å². The maximum atomic E-state index is 12.1. The number of thiazole rings is 1. The van der Waals surface area contributed by atoms with Crippen molar-refractivity contribution in [2.75, 3.05) is 11.9 Å². The van der Waals surface area contributed by atoms with Crippen LogP contribution in [0.1, 0.15) is 23.0 Å². The summed E-state index contributed by atoms with van der Waals surface area (Å²) in [6.45, 7) is 1.66. The fraction of sp³-hybridized carbons (Fsp3) is 0.150. The second-order valence-corrected chi connectivity index (χ2v) is 6.40. The highest BCUT2D eigenvalue weighted by molar-refractivity contribution is 7.13. The van der Waals surface area contributed by atoms with E-state index in [1.165, 1.54) is 11.3 Å². The summed E-state index contributed by atoms with van der Waals surface area (Å²) in [6, 6.07) is 17.1. The fourth-order valence-electron chi connectivity index (χ4n) is 2.42. The molecule has 0 saturated carbocycles. The van der Waals surface area contributed by atoms with E-state index in [1.54, 1.807) is 5.38 Å². The summed E-state index contributed by atoms with van der Waals surface area (Å²) >= 11 is 1.36. The molecule has 6 heteroatoms. The number of rotatable bonds is 6. The third kappa shape index (κ3) is 4.34. The molecule has 3 rings (SSSR count). The molecule has 0 aliphatic rings. The Morgan fingerprint density at radius 1 is 1.08 bits per heavy atom. The topological polar surface area (TPSA) is 68.3 Å². The van der Waals surface area contributed by atoms with Crippen LogP contribution in [0.4, 0.5) is 5.69 Å². The molecule has 1 N–H and O–H groups in total. The third-order valence-electron chi connectivity index (χ3n) is 3.74. The van der Waals surface area contributed by atoms with Crippen molar-refractivity contribution < 1.29 is 14.3 Å². The van der Waals surface area contributed by atoms with Gasteiger partial charge < -0.3 is 10.1 Å². The van der Waals surface area contributed by atoms with Crippen molar-refractivity contribution in [2.45, 2.75) is 13.3 Å². The zero-order chi connectivity index (χ0) is 18.4.